The molecule has 0 bridgehead atoms. The predicted octanol–water partition coefficient (Wildman–Crippen LogP) is 4.34. The van der Waals surface area contributed by atoms with Gasteiger partial charge >= 0.3 is 5.97 Å². The number of aromatic nitrogens is 3. The first kappa shape index (κ1) is 17.1. The average molecular weight is 367 g/mol. The lowest BCUT2D eigenvalue weighted by molar-refractivity contribution is -0.144. The van der Waals surface area contributed by atoms with E-state index in [1.54, 1.807) is 6.33 Å². The third-order valence-electron chi connectivity index (χ3n) is 4.41. The highest BCUT2D eigenvalue weighted by atomic mass is 32.2. The molecule has 0 radical (unpaired) electrons. The Hall–Kier alpha value is -2.34. The van der Waals surface area contributed by atoms with Gasteiger partial charge in [0.25, 0.3) is 0 Å². The molecule has 1 saturated carbocycles. The van der Waals surface area contributed by atoms with E-state index in [0.29, 0.717) is 11.1 Å². The molecule has 1 fully saturated rings. The molecule has 4 rings (SSSR count). The van der Waals surface area contributed by atoms with Crippen molar-refractivity contribution in [2.24, 2.45) is 0 Å². The molecule has 0 atom stereocenters. The van der Waals surface area contributed by atoms with Crippen LogP contribution < -0.4 is 0 Å². The fourth-order valence-electron chi connectivity index (χ4n) is 3.18. The van der Waals surface area contributed by atoms with Crippen LogP contribution in [0.25, 0.3) is 16.5 Å². The van der Waals surface area contributed by atoms with Crippen molar-refractivity contribution in [2.45, 2.75) is 43.9 Å². The molecule has 0 aliphatic heterocycles. The molecule has 1 heterocycles. The number of benzene rings is 2. The summed E-state index contributed by atoms with van der Waals surface area (Å²) in [6.07, 6.45) is 4.14. The van der Waals surface area contributed by atoms with Crippen molar-refractivity contribution in [2.75, 3.05) is 5.75 Å². The Balaban J connectivity index is 1.66. The first-order valence-electron chi connectivity index (χ1n) is 8.88. The molecule has 1 aliphatic rings. The Bertz CT molecular complexity index is 947. The van der Waals surface area contributed by atoms with Crippen LogP contribution in [0.15, 0.2) is 47.9 Å². The molecule has 1 aliphatic carbocycles. The summed E-state index contributed by atoms with van der Waals surface area (Å²) in [5, 5.41) is 11.4. The van der Waals surface area contributed by atoms with E-state index in [0.717, 1.165) is 5.69 Å². The maximum Gasteiger partial charge on any atom is 0.316 e. The fraction of sp³-hybridized carbons (Fsp3) is 0.350. The van der Waals surface area contributed by atoms with Gasteiger partial charge in [-0.3, -0.25) is 9.36 Å². The maximum atomic E-state index is 11.8. The Morgan fingerprint density at radius 3 is 2.73 bits per heavy atom. The number of thioether (sulfide) groups is 1. The number of nitrogens with zero attached hydrogens (tertiary/aromatic N) is 3. The van der Waals surface area contributed by atoms with Gasteiger partial charge in [-0.05, 0) is 49.6 Å². The predicted molar refractivity (Wildman–Crippen MR) is 103 cm³/mol. The van der Waals surface area contributed by atoms with Crippen LogP contribution >= 0.6 is 11.8 Å². The van der Waals surface area contributed by atoms with E-state index < -0.39 is 0 Å². The summed E-state index contributed by atoms with van der Waals surface area (Å²) in [4.78, 5) is 11.8. The minimum absolute atomic E-state index is 0.111. The topological polar surface area (TPSA) is 57.0 Å². The molecule has 1 aromatic heterocycles. The molecule has 26 heavy (non-hydrogen) atoms. The minimum Gasteiger partial charge on any atom is -0.462 e. The van der Waals surface area contributed by atoms with Crippen molar-refractivity contribution in [3.8, 4) is 5.69 Å². The van der Waals surface area contributed by atoms with Crippen LogP contribution in [0.5, 0.6) is 0 Å². The second kappa shape index (κ2) is 7.11. The van der Waals surface area contributed by atoms with E-state index in [4.69, 9.17) is 4.74 Å². The van der Waals surface area contributed by atoms with Gasteiger partial charge in [-0.2, -0.15) is 0 Å². The summed E-state index contributed by atoms with van der Waals surface area (Å²) in [6.45, 7) is 3.69. The lowest BCUT2D eigenvalue weighted by Crippen LogP contribution is -2.13. The van der Waals surface area contributed by atoms with Gasteiger partial charge in [0.15, 0.2) is 5.16 Å². The number of carbonyl (C=O) groups is 1. The minimum atomic E-state index is -0.242. The zero-order valence-electron chi connectivity index (χ0n) is 14.9. The first-order valence-corrected chi connectivity index (χ1v) is 9.86. The Morgan fingerprint density at radius 2 is 2.00 bits per heavy atom. The molecule has 0 spiro atoms. The molecular weight excluding hydrogens is 346 g/mol. The van der Waals surface area contributed by atoms with Gasteiger partial charge in [0.1, 0.15) is 6.33 Å². The second-order valence-corrected chi connectivity index (χ2v) is 7.75. The van der Waals surface area contributed by atoms with Gasteiger partial charge in [-0.1, -0.05) is 42.1 Å². The summed E-state index contributed by atoms with van der Waals surface area (Å²) in [6, 6.07) is 12.8. The molecule has 5 nitrogen and oxygen atoms in total. The smallest absolute Gasteiger partial charge is 0.316 e. The molecule has 0 amide bonds. The van der Waals surface area contributed by atoms with Crippen LogP contribution in [-0.2, 0) is 9.53 Å². The Morgan fingerprint density at radius 1 is 1.23 bits per heavy atom. The molecule has 6 heteroatoms. The van der Waals surface area contributed by atoms with Crippen LogP contribution in [0.2, 0.25) is 0 Å². The lowest BCUT2D eigenvalue weighted by atomic mass is 9.99. The highest BCUT2D eigenvalue weighted by Gasteiger charge is 2.26. The summed E-state index contributed by atoms with van der Waals surface area (Å²) in [5.74, 6) is 0.664. The number of hydrogen-bond donors (Lipinski definition) is 0. The largest absolute Gasteiger partial charge is 0.462 e. The van der Waals surface area contributed by atoms with Crippen molar-refractivity contribution >= 4 is 28.5 Å². The molecule has 0 saturated heterocycles. The van der Waals surface area contributed by atoms with E-state index in [9.17, 15) is 4.79 Å². The average Bonchev–Trinajstić information content (AvgIpc) is 3.36. The van der Waals surface area contributed by atoms with Gasteiger partial charge in [-0.15, -0.1) is 10.2 Å². The van der Waals surface area contributed by atoms with Crippen LogP contribution in [0.1, 0.15) is 38.2 Å². The number of rotatable bonds is 6. The van der Waals surface area contributed by atoms with E-state index in [1.807, 2.05) is 18.4 Å². The number of carbonyl (C=O) groups excluding carboxylic acids is 1. The highest BCUT2D eigenvalue weighted by Crippen LogP contribution is 2.44. The fourth-order valence-corrected chi connectivity index (χ4v) is 3.88. The van der Waals surface area contributed by atoms with E-state index in [2.05, 4.69) is 46.6 Å². The lowest BCUT2D eigenvalue weighted by Gasteiger charge is -2.13. The van der Waals surface area contributed by atoms with Crippen molar-refractivity contribution < 1.29 is 9.53 Å². The van der Waals surface area contributed by atoms with Gasteiger partial charge in [0.2, 0.25) is 0 Å². The molecular formula is C20H21N3O2S. The maximum absolute atomic E-state index is 11.8. The summed E-state index contributed by atoms with van der Waals surface area (Å²) in [5.41, 5.74) is 2.46. The van der Waals surface area contributed by atoms with Crippen LogP contribution in [-0.4, -0.2) is 32.6 Å². The second-order valence-electron chi connectivity index (χ2n) is 6.80. The SMILES string of the molecule is CC(C)OC(=O)CSc1nncn1-c1ccc(C2CC2)c2ccccc12. The Kier molecular flexibility index (Phi) is 4.68. The zero-order valence-corrected chi connectivity index (χ0v) is 15.7. The van der Waals surface area contributed by atoms with E-state index in [-0.39, 0.29) is 17.8 Å². The zero-order chi connectivity index (χ0) is 18.1. The number of hydrogen-bond acceptors (Lipinski definition) is 5. The van der Waals surface area contributed by atoms with Gasteiger partial charge in [0.05, 0.1) is 17.5 Å². The van der Waals surface area contributed by atoms with Crippen molar-refractivity contribution in [1.82, 2.24) is 14.8 Å². The summed E-state index contributed by atoms with van der Waals surface area (Å²) < 4.78 is 7.15. The molecule has 0 N–H and O–H groups in total. The summed E-state index contributed by atoms with van der Waals surface area (Å²) >= 11 is 1.34. The normalized spacial score (nSPS) is 14.1. The third kappa shape index (κ3) is 3.46. The Labute approximate surface area is 156 Å². The molecule has 0 unspecified atom stereocenters. The van der Waals surface area contributed by atoms with Crippen molar-refractivity contribution in [3.05, 3.63) is 48.3 Å². The number of fused-ring (bicyclic) bond motifs is 1. The molecule has 134 valence electrons. The molecule has 2 aromatic carbocycles. The highest BCUT2D eigenvalue weighted by molar-refractivity contribution is 7.99. The number of ether oxygens (including phenoxy) is 1. The van der Waals surface area contributed by atoms with Crippen molar-refractivity contribution in [3.63, 3.8) is 0 Å². The number of esters is 1. The van der Waals surface area contributed by atoms with Gasteiger partial charge in [-0.25, -0.2) is 0 Å². The van der Waals surface area contributed by atoms with E-state index in [1.165, 1.54) is 40.9 Å². The summed E-state index contributed by atoms with van der Waals surface area (Å²) in [7, 11) is 0. The van der Waals surface area contributed by atoms with Gasteiger partial charge in [0, 0.05) is 5.39 Å². The van der Waals surface area contributed by atoms with Crippen LogP contribution in [0.4, 0.5) is 0 Å². The van der Waals surface area contributed by atoms with Gasteiger partial charge < -0.3 is 4.74 Å². The monoisotopic (exact) mass is 367 g/mol. The standard InChI is InChI=1S/C20H21N3O2S/c1-13(2)25-19(24)11-26-20-22-21-12-23(20)18-10-9-15(14-7-8-14)16-5-3-4-6-17(16)18/h3-6,9-10,12-14H,7-8,11H2,1-2H3. The van der Waals surface area contributed by atoms with Crippen LogP contribution in [0, 0.1) is 0 Å². The van der Waals surface area contributed by atoms with Crippen LogP contribution in [0.3, 0.4) is 0 Å². The molecule has 3 aromatic rings. The third-order valence-corrected chi connectivity index (χ3v) is 5.33. The van der Waals surface area contributed by atoms with E-state index >= 15 is 0 Å². The first-order chi connectivity index (χ1) is 12.6. The van der Waals surface area contributed by atoms with Crippen molar-refractivity contribution in [1.29, 1.82) is 0 Å². The quantitative estimate of drug-likeness (QED) is 0.479.